The van der Waals surface area contributed by atoms with Gasteiger partial charge in [0.25, 0.3) is 0 Å². The van der Waals surface area contributed by atoms with Crippen LogP contribution in [0.3, 0.4) is 0 Å². The van der Waals surface area contributed by atoms with Crippen LogP contribution in [0.2, 0.25) is 0 Å². The maximum atomic E-state index is 12.2. The first-order valence-electron chi connectivity index (χ1n) is 6.77. The molecule has 1 aliphatic heterocycles. The van der Waals surface area contributed by atoms with Crippen molar-refractivity contribution in [3.8, 4) is 0 Å². The normalized spacial score (nSPS) is 18.1. The summed E-state index contributed by atoms with van der Waals surface area (Å²) >= 11 is 0. The monoisotopic (exact) mass is 262 g/mol. The van der Waals surface area contributed by atoms with E-state index in [0.717, 1.165) is 37.4 Å². The molecule has 0 saturated carbocycles. The van der Waals surface area contributed by atoms with E-state index < -0.39 is 0 Å². The zero-order chi connectivity index (χ0) is 13.8. The molecule has 1 fully saturated rings. The van der Waals surface area contributed by atoms with Gasteiger partial charge in [-0.3, -0.25) is 9.69 Å². The van der Waals surface area contributed by atoms with Crippen molar-refractivity contribution in [3.63, 3.8) is 0 Å². The van der Waals surface area contributed by atoms with Crippen LogP contribution in [-0.4, -0.2) is 48.0 Å². The molecule has 0 bridgehead atoms. The minimum absolute atomic E-state index is 0.0133. The number of amides is 1. The van der Waals surface area contributed by atoms with Crippen molar-refractivity contribution >= 4 is 11.7 Å². The van der Waals surface area contributed by atoms with Gasteiger partial charge < -0.3 is 10.6 Å². The van der Waals surface area contributed by atoms with Crippen molar-refractivity contribution in [1.82, 2.24) is 15.2 Å². The van der Waals surface area contributed by atoms with Crippen molar-refractivity contribution in [1.29, 1.82) is 0 Å². The summed E-state index contributed by atoms with van der Waals surface area (Å²) in [7, 11) is 0. The summed E-state index contributed by atoms with van der Waals surface area (Å²) in [5.41, 5.74) is 2.03. The summed E-state index contributed by atoms with van der Waals surface area (Å²) < 4.78 is 0. The lowest BCUT2D eigenvalue weighted by Gasteiger charge is -2.31. The number of hydrogen-bond acceptors (Lipinski definition) is 4. The zero-order valence-electron chi connectivity index (χ0n) is 11.9. The maximum absolute atomic E-state index is 12.2. The molecule has 104 valence electrons. The first kappa shape index (κ1) is 14.0. The van der Waals surface area contributed by atoms with E-state index in [9.17, 15) is 4.79 Å². The van der Waals surface area contributed by atoms with Crippen LogP contribution in [0, 0.1) is 13.8 Å². The van der Waals surface area contributed by atoms with Gasteiger partial charge in [0.2, 0.25) is 5.91 Å². The van der Waals surface area contributed by atoms with Crippen LogP contribution in [-0.2, 0) is 4.79 Å². The van der Waals surface area contributed by atoms with E-state index in [1.54, 1.807) is 0 Å². The second-order valence-electron chi connectivity index (χ2n) is 5.12. The smallest absolute Gasteiger partial charge is 0.242 e. The van der Waals surface area contributed by atoms with Gasteiger partial charge >= 0.3 is 0 Å². The highest BCUT2D eigenvalue weighted by molar-refractivity contribution is 5.93. The van der Waals surface area contributed by atoms with Gasteiger partial charge in [0.15, 0.2) is 0 Å². The molecular formula is C14H22N4O. The number of aryl methyl sites for hydroxylation is 2. The quantitative estimate of drug-likeness (QED) is 0.851. The van der Waals surface area contributed by atoms with E-state index in [1.807, 2.05) is 32.9 Å². The van der Waals surface area contributed by atoms with Crippen LogP contribution in [0.15, 0.2) is 12.1 Å². The molecule has 1 saturated heterocycles. The third-order valence-corrected chi connectivity index (χ3v) is 3.43. The average molecular weight is 262 g/mol. The highest BCUT2D eigenvalue weighted by Crippen LogP contribution is 2.10. The number of nitrogens with one attached hydrogen (secondary N) is 2. The average Bonchev–Trinajstić information content (AvgIpc) is 2.37. The number of anilines is 1. The molecule has 2 N–H and O–H groups in total. The van der Waals surface area contributed by atoms with E-state index in [-0.39, 0.29) is 11.9 Å². The molecule has 1 aromatic rings. The van der Waals surface area contributed by atoms with E-state index in [0.29, 0.717) is 5.82 Å². The Morgan fingerprint density at radius 3 is 2.68 bits per heavy atom. The van der Waals surface area contributed by atoms with Gasteiger partial charge in [0.05, 0.1) is 6.04 Å². The lowest BCUT2D eigenvalue weighted by atomic mass is 10.2. The van der Waals surface area contributed by atoms with Crippen molar-refractivity contribution < 1.29 is 4.79 Å². The molecule has 0 aromatic carbocycles. The Morgan fingerprint density at radius 1 is 1.37 bits per heavy atom. The molecule has 1 aromatic heterocycles. The predicted octanol–water partition coefficient (Wildman–Crippen LogP) is 0.931. The number of carbonyl (C=O) groups excluding carboxylic acids is 1. The molecule has 1 unspecified atom stereocenters. The second kappa shape index (κ2) is 6.12. The molecule has 2 heterocycles. The fourth-order valence-corrected chi connectivity index (χ4v) is 2.37. The topological polar surface area (TPSA) is 57.3 Å². The Balaban J connectivity index is 1.99. The third kappa shape index (κ3) is 3.75. The van der Waals surface area contributed by atoms with Crippen LogP contribution < -0.4 is 10.6 Å². The van der Waals surface area contributed by atoms with Gasteiger partial charge in [-0.15, -0.1) is 0 Å². The Morgan fingerprint density at radius 2 is 2.05 bits per heavy atom. The van der Waals surface area contributed by atoms with Crippen molar-refractivity contribution in [3.05, 3.63) is 23.4 Å². The lowest BCUT2D eigenvalue weighted by molar-refractivity contribution is -0.121. The van der Waals surface area contributed by atoms with E-state index in [4.69, 9.17) is 0 Å². The summed E-state index contributed by atoms with van der Waals surface area (Å²) in [4.78, 5) is 18.7. The molecule has 5 nitrogen and oxygen atoms in total. The van der Waals surface area contributed by atoms with E-state index in [1.165, 1.54) is 0 Å². The zero-order valence-corrected chi connectivity index (χ0v) is 11.9. The Kier molecular flexibility index (Phi) is 4.50. The minimum Gasteiger partial charge on any atom is -0.314 e. The number of piperazine rings is 1. The first-order chi connectivity index (χ1) is 9.06. The summed E-state index contributed by atoms with van der Waals surface area (Å²) in [5, 5.41) is 6.20. The Hall–Kier alpha value is -1.46. The van der Waals surface area contributed by atoms with Crippen LogP contribution in [0.25, 0.3) is 0 Å². The molecule has 1 amide bonds. The van der Waals surface area contributed by atoms with Gasteiger partial charge in [0, 0.05) is 31.9 Å². The first-order valence-corrected chi connectivity index (χ1v) is 6.77. The molecule has 0 aliphatic carbocycles. The molecule has 19 heavy (non-hydrogen) atoms. The van der Waals surface area contributed by atoms with Crippen LogP contribution in [0.4, 0.5) is 5.82 Å². The SMILES string of the molecule is Cc1cc(C)nc(NC(=O)C(C)N2CCNCC2)c1. The second-order valence-corrected chi connectivity index (χ2v) is 5.12. The Labute approximate surface area is 114 Å². The van der Waals surface area contributed by atoms with Gasteiger partial charge in [-0.05, 0) is 38.5 Å². The molecule has 1 aliphatic rings. The van der Waals surface area contributed by atoms with Crippen LogP contribution >= 0.6 is 0 Å². The standard InChI is InChI=1S/C14H22N4O/c1-10-8-11(2)16-13(9-10)17-14(19)12(3)18-6-4-15-5-7-18/h8-9,12,15H,4-7H2,1-3H3,(H,16,17,19). The third-order valence-electron chi connectivity index (χ3n) is 3.43. The predicted molar refractivity (Wildman–Crippen MR) is 76.2 cm³/mol. The fourth-order valence-electron chi connectivity index (χ4n) is 2.37. The van der Waals surface area contributed by atoms with E-state index in [2.05, 4.69) is 20.5 Å². The molecular weight excluding hydrogens is 240 g/mol. The van der Waals surface area contributed by atoms with Gasteiger partial charge in [-0.1, -0.05) is 0 Å². The molecule has 5 heteroatoms. The highest BCUT2D eigenvalue weighted by Gasteiger charge is 2.22. The molecule has 2 rings (SSSR count). The number of nitrogens with zero attached hydrogens (tertiary/aromatic N) is 2. The fraction of sp³-hybridized carbons (Fsp3) is 0.571. The number of rotatable bonds is 3. The molecule has 0 spiro atoms. The summed E-state index contributed by atoms with van der Waals surface area (Å²) in [6.07, 6.45) is 0. The van der Waals surface area contributed by atoms with Crippen LogP contribution in [0.5, 0.6) is 0 Å². The van der Waals surface area contributed by atoms with Gasteiger partial charge in [-0.2, -0.15) is 0 Å². The summed E-state index contributed by atoms with van der Waals surface area (Å²) in [6, 6.07) is 3.77. The van der Waals surface area contributed by atoms with Gasteiger partial charge in [0.1, 0.15) is 5.82 Å². The number of aromatic nitrogens is 1. The van der Waals surface area contributed by atoms with E-state index >= 15 is 0 Å². The maximum Gasteiger partial charge on any atom is 0.242 e. The Bertz CT molecular complexity index is 435. The van der Waals surface area contributed by atoms with Crippen molar-refractivity contribution in [2.24, 2.45) is 0 Å². The van der Waals surface area contributed by atoms with Gasteiger partial charge in [-0.25, -0.2) is 4.98 Å². The molecule has 0 radical (unpaired) electrons. The van der Waals surface area contributed by atoms with Crippen molar-refractivity contribution in [2.45, 2.75) is 26.8 Å². The summed E-state index contributed by atoms with van der Waals surface area (Å²) in [6.45, 7) is 9.60. The number of carbonyl (C=O) groups is 1. The largest absolute Gasteiger partial charge is 0.314 e. The van der Waals surface area contributed by atoms with Crippen molar-refractivity contribution in [2.75, 3.05) is 31.5 Å². The van der Waals surface area contributed by atoms with Crippen LogP contribution in [0.1, 0.15) is 18.2 Å². The lowest BCUT2D eigenvalue weighted by Crippen LogP contribution is -2.51. The number of hydrogen-bond donors (Lipinski definition) is 2. The minimum atomic E-state index is -0.121. The number of pyridine rings is 1. The highest BCUT2D eigenvalue weighted by atomic mass is 16.2. The molecule has 1 atom stereocenters. The summed E-state index contributed by atoms with van der Waals surface area (Å²) in [5.74, 6) is 0.656.